The summed E-state index contributed by atoms with van der Waals surface area (Å²) in [7, 11) is 4.16. The van der Waals surface area contributed by atoms with Crippen molar-refractivity contribution in [2.24, 2.45) is 0 Å². The van der Waals surface area contributed by atoms with Crippen molar-refractivity contribution < 1.29 is 4.65 Å². The van der Waals surface area contributed by atoms with Crippen molar-refractivity contribution in [3.05, 3.63) is 29.8 Å². The van der Waals surface area contributed by atoms with Crippen LogP contribution in [0.3, 0.4) is 0 Å². The average molecular weight is 189 g/mol. The molecular weight excluding hydrogens is 173 g/mol. The Labute approximate surface area is 86.0 Å². The van der Waals surface area contributed by atoms with Gasteiger partial charge in [-0.05, 0) is 25.1 Å². The molecule has 0 amide bonds. The number of hydrogen-bond donors (Lipinski definition) is 0. The van der Waals surface area contributed by atoms with Crippen LogP contribution in [0.2, 0.25) is 6.82 Å². The summed E-state index contributed by atoms with van der Waals surface area (Å²) >= 11 is 0. The van der Waals surface area contributed by atoms with E-state index >= 15 is 0 Å². The van der Waals surface area contributed by atoms with E-state index in [0.29, 0.717) is 0 Å². The molecule has 2 rings (SSSR count). The Morgan fingerprint density at radius 3 is 2.79 bits per heavy atom. The number of rotatable bonds is 2. The smallest absolute Gasteiger partial charge is 0.324 e. The predicted molar refractivity (Wildman–Crippen MR) is 60.1 cm³/mol. The summed E-state index contributed by atoms with van der Waals surface area (Å²) in [6, 6.07) is 8.50. The quantitative estimate of drug-likeness (QED) is 0.647. The molecule has 0 N–H and O–H groups in total. The van der Waals surface area contributed by atoms with Gasteiger partial charge in [0.2, 0.25) is 0 Å². The molecule has 1 unspecified atom stereocenters. The van der Waals surface area contributed by atoms with Gasteiger partial charge in [0.1, 0.15) is 0 Å². The van der Waals surface area contributed by atoms with Gasteiger partial charge < -0.3 is 9.55 Å². The van der Waals surface area contributed by atoms with Gasteiger partial charge in [0.15, 0.2) is 0 Å². The molecule has 1 atom stereocenters. The first kappa shape index (κ1) is 9.75. The van der Waals surface area contributed by atoms with Gasteiger partial charge in [0, 0.05) is 6.54 Å². The third kappa shape index (κ3) is 1.70. The van der Waals surface area contributed by atoms with Gasteiger partial charge in [-0.3, -0.25) is 0 Å². The van der Waals surface area contributed by atoms with Crippen LogP contribution in [0.25, 0.3) is 0 Å². The van der Waals surface area contributed by atoms with Crippen LogP contribution in [0.5, 0.6) is 0 Å². The van der Waals surface area contributed by atoms with E-state index in [2.05, 4.69) is 50.1 Å². The van der Waals surface area contributed by atoms with E-state index in [1.165, 1.54) is 11.0 Å². The predicted octanol–water partition coefficient (Wildman–Crippen LogP) is 1.15. The summed E-state index contributed by atoms with van der Waals surface area (Å²) in [5.41, 5.74) is 2.70. The van der Waals surface area contributed by atoms with Gasteiger partial charge in [0.05, 0.1) is 6.10 Å². The van der Waals surface area contributed by atoms with Gasteiger partial charge >= 0.3 is 6.92 Å². The maximum Gasteiger partial charge on any atom is 0.324 e. The Morgan fingerprint density at radius 1 is 1.36 bits per heavy atom. The molecule has 0 bridgehead atoms. The molecule has 1 heterocycles. The summed E-state index contributed by atoms with van der Waals surface area (Å²) in [5.74, 6) is 0. The molecule has 14 heavy (non-hydrogen) atoms. The van der Waals surface area contributed by atoms with Crippen molar-refractivity contribution in [1.29, 1.82) is 0 Å². The van der Waals surface area contributed by atoms with Gasteiger partial charge in [0.25, 0.3) is 0 Å². The van der Waals surface area contributed by atoms with E-state index in [1.807, 2.05) is 0 Å². The summed E-state index contributed by atoms with van der Waals surface area (Å²) in [5, 5.41) is 0. The molecule has 0 aliphatic carbocycles. The van der Waals surface area contributed by atoms with Crippen LogP contribution in [0.1, 0.15) is 11.7 Å². The molecule has 0 saturated carbocycles. The minimum Gasteiger partial charge on any atom is -0.423 e. The lowest BCUT2D eigenvalue weighted by Crippen LogP contribution is -2.24. The molecular formula is C11H16BNO. The van der Waals surface area contributed by atoms with Crippen LogP contribution >= 0.6 is 0 Å². The van der Waals surface area contributed by atoms with Crippen molar-refractivity contribution in [2.45, 2.75) is 12.9 Å². The zero-order valence-corrected chi connectivity index (χ0v) is 9.03. The fourth-order valence-electron chi connectivity index (χ4n) is 2.04. The Kier molecular flexibility index (Phi) is 2.61. The van der Waals surface area contributed by atoms with Crippen molar-refractivity contribution in [1.82, 2.24) is 4.90 Å². The van der Waals surface area contributed by atoms with Crippen LogP contribution in [-0.4, -0.2) is 32.5 Å². The molecule has 0 fully saturated rings. The zero-order valence-electron chi connectivity index (χ0n) is 9.03. The standard InChI is InChI=1S/C11H16BNO/c1-12-10-7-5-4-6-9(10)11(14-12)8-13(2)3/h4-7,11H,8H2,1-3H3. The number of hydrogen-bond acceptors (Lipinski definition) is 2. The number of likely N-dealkylation sites (N-methyl/N-ethyl adjacent to an activating group) is 1. The average Bonchev–Trinajstić information content (AvgIpc) is 2.44. The van der Waals surface area contributed by atoms with Crippen molar-refractivity contribution in [3.8, 4) is 0 Å². The second-order valence-electron chi connectivity index (χ2n) is 4.16. The first-order valence-electron chi connectivity index (χ1n) is 5.07. The largest absolute Gasteiger partial charge is 0.423 e. The Balaban J connectivity index is 2.25. The molecule has 1 aliphatic heterocycles. The highest BCUT2D eigenvalue weighted by Gasteiger charge is 2.31. The molecule has 1 aromatic rings. The van der Waals surface area contributed by atoms with Gasteiger partial charge in [-0.2, -0.15) is 0 Å². The highest BCUT2D eigenvalue weighted by atomic mass is 16.5. The molecule has 1 aliphatic rings. The highest BCUT2D eigenvalue weighted by Crippen LogP contribution is 2.24. The molecule has 3 heteroatoms. The summed E-state index contributed by atoms with van der Waals surface area (Å²) in [6.07, 6.45) is 0.246. The molecule has 0 spiro atoms. The Bertz CT molecular complexity index is 325. The van der Waals surface area contributed by atoms with E-state index in [0.717, 1.165) is 6.54 Å². The Morgan fingerprint density at radius 2 is 2.07 bits per heavy atom. The van der Waals surface area contributed by atoms with Crippen LogP contribution in [0.15, 0.2) is 24.3 Å². The summed E-state index contributed by atoms with van der Waals surface area (Å²) < 4.78 is 5.90. The van der Waals surface area contributed by atoms with Crippen LogP contribution < -0.4 is 5.46 Å². The lowest BCUT2D eigenvalue weighted by molar-refractivity contribution is 0.176. The van der Waals surface area contributed by atoms with Gasteiger partial charge in [-0.15, -0.1) is 0 Å². The second kappa shape index (κ2) is 3.75. The normalized spacial score (nSPS) is 20.3. The van der Waals surface area contributed by atoms with Crippen molar-refractivity contribution in [2.75, 3.05) is 20.6 Å². The fraction of sp³-hybridized carbons (Fsp3) is 0.455. The SMILES string of the molecule is CB1OC(CN(C)C)c2ccccc21. The van der Waals surface area contributed by atoms with Gasteiger partial charge in [-0.1, -0.05) is 31.1 Å². The minimum absolute atomic E-state index is 0.246. The fourth-order valence-corrected chi connectivity index (χ4v) is 2.04. The van der Waals surface area contributed by atoms with E-state index in [9.17, 15) is 0 Å². The van der Waals surface area contributed by atoms with Gasteiger partial charge in [-0.25, -0.2) is 0 Å². The summed E-state index contributed by atoms with van der Waals surface area (Å²) in [4.78, 5) is 2.17. The maximum atomic E-state index is 5.90. The lowest BCUT2D eigenvalue weighted by atomic mass is 9.64. The highest BCUT2D eigenvalue weighted by molar-refractivity contribution is 6.67. The second-order valence-corrected chi connectivity index (χ2v) is 4.16. The third-order valence-corrected chi connectivity index (χ3v) is 2.68. The number of nitrogens with zero attached hydrogens (tertiary/aromatic N) is 1. The van der Waals surface area contributed by atoms with E-state index < -0.39 is 0 Å². The van der Waals surface area contributed by atoms with E-state index in [1.54, 1.807) is 0 Å². The zero-order chi connectivity index (χ0) is 10.1. The third-order valence-electron chi connectivity index (χ3n) is 2.68. The topological polar surface area (TPSA) is 12.5 Å². The molecule has 0 aromatic heterocycles. The monoisotopic (exact) mass is 189 g/mol. The number of fused-ring (bicyclic) bond motifs is 1. The number of benzene rings is 1. The van der Waals surface area contributed by atoms with Crippen LogP contribution in [0.4, 0.5) is 0 Å². The molecule has 2 nitrogen and oxygen atoms in total. The molecule has 1 aromatic carbocycles. The van der Waals surface area contributed by atoms with Crippen molar-refractivity contribution >= 4 is 12.4 Å². The first-order valence-corrected chi connectivity index (χ1v) is 5.07. The first-order chi connectivity index (χ1) is 6.68. The molecule has 74 valence electrons. The van der Waals surface area contributed by atoms with E-state index in [-0.39, 0.29) is 13.0 Å². The van der Waals surface area contributed by atoms with Crippen LogP contribution in [-0.2, 0) is 4.65 Å². The minimum atomic E-state index is 0.246. The lowest BCUT2D eigenvalue weighted by Gasteiger charge is -2.17. The van der Waals surface area contributed by atoms with Crippen LogP contribution in [0, 0.1) is 0 Å². The Hall–Kier alpha value is -0.795. The maximum absolute atomic E-state index is 5.90. The summed E-state index contributed by atoms with van der Waals surface area (Å²) in [6.45, 7) is 3.33. The van der Waals surface area contributed by atoms with E-state index in [4.69, 9.17) is 4.65 Å². The molecule has 0 radical (unpaired) electrons. The molecule has 0 saturated heterocycles. The van der Waals surface area contributed by atoms with Crippen molar-refractivity contribution in [3.63, 3.8) is 0 Å².